The minimum Gasteiger partial charge on any atom is -0.316 e. The Morgan fingerprint density at radius 3 is 2.50 bits per heavy atom. The first-order chi connectivity index (χ1) is 9.65. The van der Waals surface area contributed by atoms with Gasteiger partial charge in [-0.15, -0.1) is 0 Å². The highest BCUT2D eigenvalue weighted by Gasteiger charge is 2.54. The summed E-state index contributed by atoms with van der Waals surface area (Å²) >= 11 is 0. The predicted molar refractivity (Wildman–Crippen MR) is 77.0 cm³/mol. The molecule has 2 N–H and O–H groups in total. The van der Waals surface area contributed by atoms with Crippen LogP contribution in [-0.2, 0) is 22.9 Å². The van der Waals surface area contributed by atoms with Gasteiger partial charge in [0.2, 0.25) is 10.0 Å². The van der Waals surface area contributed by atoms with E-state index in [1.807, 2.05) is 12.1 Å². The zero-order valence-electron chi connectivity index (χ0n) is 11.4. The van der Waals surface area contributed by atoms with E-state index < -0.39 is 10.0 Å². The molecule has 1 aromatic carbocycles. The fraction of sp³-hybridized carbons (Fsp3) is 0.600. The van der Waals surface area contributed by atoms with Gasteiger partial charge in [0.25, 0.3) is 0 Å². The number of hydrogen-bond donors (Lipinski definition) is 2. The number of benzene rings is 1. The molecule has 20 heavy (non-hydrogen) atoms. The second-order valence-electron chi connectivity index (χ2n) is 6.27. The van der Waals surface area contributed by atoms with Crippen LogP contribution < -0.4 is 10.0 Å². The first kappa shape index (κ1) is 12.8. The van der Waals surface area contributed by atoms with Gasteiger partial charge in [0, 0.05) is 6.04 Å². The summed E-state index contributed by atoms with van der Waals surface area (Å²) in [6, 6.07) is 5.80. The maximum Gasteiger partial charge on any atom is 0.240 e. The molecule has 3 aliphatic rings. The molecule has 0 amide bonds. The lowest BCUT2D eigenvalue weighted by Crippen LogP contribution is -2.32. The van der Waals surface area contributed by atoms with E-state index in [0.29, 0.717) is 16.7 Å². The van der Waals surface area contributed by atoms with Crippen molar-refractivity contribution in [1.29, 1.82) is 0 Å². The third-order valence-electron chi connectivity index (χ3n) is 5.01. The van der Waals surface area contributed by atoms with Gasteiger partial charge in [-0.25, -0.2) is 13.1 Å². The second kappa shape index (κ2) is 4.55. The van der Waals surface area contributed by atoms with Gasteiger partial charge < -0.3 is 5.32 Å². The summed E-state index contributed by atoms with van der Waals surface area (Å²) < 4.78 is 27.8. The Balaban J connectivity index is 1.56. The molecule has 1 aliphatic heterocycles. The molecule has 5 heteroatoms. The summed E-state index contributed by atoms with van der Waals surface area (Å²) in [5.74, 6) is 1.00. The van der Waals surface area contributed by atoms with Crippen LogP contribution in [0, 0.1) is 11.8 Å². The number of rotatable bonds is 3. The van der Waals surface area contributed by atoms with E-state index in [2.05, 4.69) is 10.0 Å². The lowest BCUT2D eigenvalue weighted by atomic mass is 9.92. The summed E-state index contributed by atoms with van der Waals surface area (Å²) in [5.41, 5.74) is 2.54. The van der Waals surface area contributed by atoms with Crippen LogP contribution in [0.2, 0.25) is 0 Å². The summed E-state index contributed by atoms with van der Waals surface area (Å²) in [7, 11) is -3.35. The Hall–Kier alpha value is -0.910. The van der Waals surface area contributed by atoms with Crippen LogP contribution in [-0.4, -0.2) is 27.5 Å². The van der Waals surface area contributed by atoms with E-state index in [9.17, 15) is 8.42 Å². The van der Waals surface area contributed by atoms with E-state index >= 15 is 0 Å². The van der Waals surface area contributed by atoms with Crippen molar-refractivity contribution in [3.8, 4) is 0 Å². The van der Waals surface area contributed by atoms with Crippen molar-refractivity contribution in [3.63, 3.8) is 0 Å². The Labute approximate surface area is 120 Å². The number of nitrogens with one attached hydrogen (secondary N) is 2. The fourth-order valence-corrected chi connectivity index (χ4v) is 5.11. The van der Waals surface area contributed by atoms with E-state index in [-0.39, 0.29) is 6.04 Å². The highest BCUT2D eigenvalue weighted by atomic mass is 32.2. The van der Waals surface area contributed by atoms with E-state index in [1.165, 1.54) is 24.0 Å². The number of aryl methyl sites for hydroxylation is 2. The minimum absolute atomic E-state index is 0.150. The van der Waals surface area contributed by atoms with Crippen molar-refractivity contribution in [2.75, 3.05) is 13.1 Å². The molecule has 0 aromatic heterocycles. The van der Waals surface area contributed by atoms with Crippen molar-refractivity contribution in [2.45, 2.75) is 36.6 Å². The Kier molecular flexibility index (Phi) is 2.91. The molecule has 4 rings (SSSR count). The van der Waals surface area contributed by atoms with Crippen LogP contribution >= 0.6 is 0 Å². The first-order valence-electron chi connectivity index (χ1n) is 7.50. The third-order valence-corrected chi connectivity index (χ3v) is 6.47. The Morgan fingerprint density at radius 2 is 1.75 bits per heavy atom. The Morgan fingerprint density at radius 1 is 1.05 bits per heavy atom. The molecule has 0 bridgehead atoms. The molecule has 108 valence electrons. The van der Waals surface area contributed by atoms with Crippen molar-refractivity contribution < 1.29 is 8.42 Å². The molecular formula is C15H20N2O2S. The summed E-state index contributed by atoms with van der Waals surface area (Å²) in [5, 5.41) is 3.28. The monoisotopic (exact) mass is 292 g/mol. The topological polar surface area (TPSA) is 58.2 Å². The molecule has 1 saturated heterocycles. The van der Waals surface area contributed by atoms with Gasteiger partial charge >= 0.3 is 0 Å². The van der Waals surface area contributed by atoms with Crippen LogP contribution in [0.4, 0.5) is 0 Å². The van der Waals surface area contributed by atoms with E-state index in [1.54, 1.807) is 6.07 Å². The second-order valence-corrected chi connectivity index (χ2v) is 7.98. The van der Waals surface area contributed by atoms with Crippen LogP contribution in [0.25, 0.3) is 0 Å². The molecule has 2 fully saturated rings. The fourth-order valence-electron chi connectivity index (χ4n) is 3.72. The molecule has 1 saturated carbocycles. The standard InChI is InChI=1S/C15H20N2O2S/c18-20(19,17-15-13-8-16-9-14(13)15)12-6-5-10-3-1-2-4-11(10)7-12/h5-7,13-17H,1-4,8-9H2. The van der Waals surface area contributed by atoms with E-state index in [4.69, 9.17) is 0 Å². The van der Waals surface area contributed by atoms with Crippen molar-refractivity contribution in [2.24, 2.45) is 11.8 Å². The van der Waals surface area contributed by atoms with Crippen molar-refractivity contribution in [1.82, 2.24) is 10.0 Å². The van der Waals surface area contributed by atoms with Crippen molar-refractivity contribution >= 4 is 10.0 Å². The molecular weight excluding hydrogens is 272 g/mol. The van der Waals surface area contributed by atoms with Gasteiger partial charge in [-0.1, -0.05) is 6.07 Å². The van der Waals surface area contributed by atoms with Crippen LogP contribution in [0.3, 0.4) is 0 Å². The number of fused-ring (bicyclic) bond motifs is 2. The smallest absolute Gasteiger partial charge is 0.240 e. The van der Waals surface area contributed by atoms with Gasteiger partial charge in [0.1, 0.15) is 0 Å². The molecule has 2 aliphatic carbocycles. The largest absolute Gasteiger partial charge is 0.316 e. The zero-order valence-corrected chi connectivity index (χ0v) is 12.2. The maximum atomic E-state index is 12.5. The SMILES string of the molecule is O=S(=O)(NC1C2CNCC21)c1ccc2c(c1)CCCC2. The minimum atomic E-state index is -3.35. The predicted octanol–water partition coefficient (Wildman–Crippen LogP) is 1.06. The quantitative estimate of drug-likeness (QED) is 0.876. The highest BCUT2D eigenvalue weighted by molar-refractivity contribution is 7.89. The van der Waals surface area contributed by atoms with Gasteiger partial charge in [-0.05, 0) is 73.9 Å². The maximum absolute atomic E-state index is 12.5. The van der Waals surface area contributed by atoms with Crippen LogP contribution in [0.15, 0.2) is 23.1 Å². The lowest BCUT2D eigenvalue weighted by Gasteiger charge is -2.17. The first-order valence-corrected chi connectivity index (χ1v) is 8.98. The molecule has 4 nitrogen and oxygen atoms in total. The molecule has 2 atom stereocenters. The Bertz CT molecular complexity index is 631. The van der Waals surface area contributed by atoms with E-state index in [0.717, 1.165) is 25.9 Å². The number of hydrogen-bond acceptors (Lipinski definition) is 3. The van der Waals surface area contributed by atoms with Crippen molar-refractivity contribution in [3.05, 3.63) is 29.3 Å². The molecule has 2 unspecified atom stereocenters. The average molecular weight is 292 g/mol. The third kappa shape index (κ3) is 2.08. The summed E-state index contributed by atoms with van der Waals surface area (Å²) in [6.45, 7) is 1.89. The number of piperidine rings is 1. The highest BCUT2D eigenvalue weighted by Crippen LogP contribution is 2.42. The normalized spacial score (nSPS) is 31.7. The lowest BCUT2D eigenvalue weighted by molar-refractivity contribution is 0.564. The molecule has 0 spiro atoms. The summed E-state index contributed by atoms with van der Waals surface area (Å²) in [6.07, 6.45) is 4.48. The van der Waals surface area contributed by atoms with Gasteiger partial charge in [-0.2, -0.15) is 0 Å². The molecule has 1 aromatic rings. The average Bonchev–Trinajstić information content (AvgIpc) is 2.89. The van der Waals surface area contributed by atoms with Gasteiger partial charge in [0.15, 0.2) is 0 Å². The van der Waals surface area contributed by atoms with Crippen LogP contribution in [0.5, 0.6) is 0 Å². The van der Waals surface area contributed by atoms with Crippen LogP contribution in [0.1, 0.15) is 24.0 Å². The molecule has 0 radical (unpaired) electrons. The van der Waals surface area contributed by atoms with Gasteiger partial charge in [-0.3, -0.25) is 0 Å². The number of sulfonamides is 1. The zero-order chi connectivity index (χ0) is 13.7. The van der Waals surface area contributed by atoms with Gasteiger partial charge in [0.05, 0.1) is 4.90 Å². The molecule has 1 heterocycles. The summed E-state index contributed by atoms with van der Waals surface area (Å²) in [4.78, 5) is 0.441.